The summed E-state index contributed by atoms with van der Waals surface area (Å²) in [6, 6.07) is 0. The highest BCUT2D eigenvalue weighted by molar-refractivity contribution is 5.51. The zero-order valence-corrected chi connectivity index (χ0v) is 6.96. The predicted octanol–water partition coefficient (Wildman–Crippen LogP) is 3.01. The molecule has 0 saturated carbocycles. The molecule has 0 aromatic heterocycles. The van der Waals surface area contributed by atoms with Gasteiger partial charge in [0.25, 0.3) is 0 Å². The lowest BCUT2D eigenvalue weighted by molar-refractivity contribution is 1.01. The second kappa shape index (κ2) is 2.23. The van der Waals surface area contributed by atoms with Gasteiger partial charge < -0.3 is 0 Å². The smallest absolute Gasteiger partial charge is 0.0210 e. The molecule has 1 unspecified atom stereocenters. The van der Waals surface area contributed by atoms with Gasteiger partial charge in [-0.15, -0.1) is 0 Å². The van der Waals surface area contributed by atoms with E-state index >= 15 is 0 Å². The molecule has 0 bridgehead atoms. The average Bonchev–Trinajstić information content (AvgIpc) is 2.30. The van der Waals surface area contributed by atoms with Gasteiger partial charge in [-0.1, -0.05) is 36.0 Å². The van der Waals surface area contributed by atoms with Gasteiger partial charge in [0.1, 0.15) is 0 Å². The largest absolute Gasteiger partial charge is 0.0732 e. The lowest BCUT2D eigenvalue weighted by Gasteiger charge is -2.08. The van der Waals surface area contributed by atoms with Crippen LogP contribution in [0.1, 0.15) is 13.8 Å². The minimum absolute atomic E-state index is 0.569. The van der Waals surface area contributed by atoms with Crippen LogP contribution >= 0.6 is 0 Å². The monoisotopic (exact) mass is 144 g/mol. The molecular weight excluding hydrogens is 132 g/mol. The number of rotatable bonds is 0. The highest BCUT2D eigenvalue weighted by Gasteiger charge is 2.18. The Morgan fingerprint density at radius 1 is 1.18 bits per heavy atom. The van der Waals surface area contributed by atoms with E-state index in [0.29, 0.717) is 5.92 Å². The molecule has 0 saturated heterocycles. The van der Waals surface area contributed by atoms with E-state index in [1.54, 1.807) is 0 Å². The van der Waals surface area contributed by atoms with Crippen LogP contribution in [0.3, 0.4) is 0 Å². The van der Waals surface area contributed by atoms with Crippen molar-refractivity contribution in [3.05, 3.63) is 47.1 Å². The van der Waals surface area contributed by atoms with Crippen LogP contribution in [0.25, 0.3) is 0 Å². The second-order valence-electron chi connectivity index (χ2n) is 3.20. The maximum atomic E-state index is 2.32. The summed E-state index contributed by atoms with van der Waals surface area (Å²) in [6.07, 6.45) is 11.0. The van der Waals surface area contributed by atoms with Gasteiger partial charge in [0.15, 0.2) is 0 Å². The third-order valence-electron chi connectivity index (χ3n) is 2.52. The summed E-state index contributed by atoms with van der Waals surface area (Å²) >= 11 is 0. The molecule has 0 N–H and O–H groups in total. The van der Waals surface area contributed by atoms with Gasteiger partial charge in [-0.2, -0.15) is 0 Å². The van der Waals surface area contributed by atoms with Gasteiger partial charge in [-0.3, -0.25) is 0 Å². The fourth-order valence-corrected chi connectivity index (χ4v) is 1.70. The molecular formula is C11H12. The fourth-order valence-electron chi connectivity index (χ4n) is 1.70. The van der Waals surface area contributed by atoms with Crippen molar-refractivity contribution < 1.29 is 0 Å². The van der Waals surface area contributed by atoms with Gasteiger partial charge in [-0.05, 0) is 25.0 Å². The molecule has 11 heavy (non-hydrogen) atoms. The Balaban J connectivity index is 2.49. The maximum Gasteiger partial charge on any atom is 0.0210 e. The van der Waals surface area contributed by atoms with E-state index in [0.717, 1.165) is 0 Å². The third-order valence-corrected chi connectivity index (χ3v) is 2.52. The Morgan fingerprint density at radius 2 is 2.00 bits per heavy atom. The normalized spacial score (nSPS) is 27.5. The van der Waals surface area contributed by atoms with Crippen LogP contribution < -0.4 is 0 Å². The van der Waals surface area contributed by atoms with E-state index < -0.39 is 0 Å². The van der Waals surface area contributed by atoms with E-state index in [2.05, 4.69) is 44.2 Å². The first-order valence-electron chi connectivity index (χ1n) is 4.03. The van der Waals surface area contributed by atoms with E-state index in [1.165, 1.54) is 16.7 Å². The van der Waals surface area contributed by atoms with Crippen molar-refractivity contribution in [1.29, 1.82) is 0 Å². The highest BCUT2D eigenvalue weighted by Crippen LogP contribution is 2.33. The lowest BCUT2D eigenvalue weighted by Crippen LogP contribution is -1.94. The molecule has 0 radical (unpaired) electrons. The van der Waals surface area contributed by atoms with Crippen molar-refractivity contribution in [2.75, 3.05) is 0 Å². The van der Waals surface area contributed by atoms with Crippen molar-refractivity contribution >= 4 is 0 Å². The molecule has 56 valence electrons. The molecule has 2 aliphatic carbocycles. The first-order chi connectivity index (χ1) is 5.29. The molecule has 0 spiro atoms. The molecule has 1 atom stereocenters. The van der Waals surface area contributed by atoms with Crippen molar-refractivity contribution in [3.8, 4) is 0 Å². The molecule has 0 aromatic rings. The van der Waals surface area contributed by atoms with Gasteiger partial charge in [-0.25, -0.2) is 0 Å². The summed E-state index contributed by atoms with van der Waals surface area (Å²) in [5, 5.41) is 0. The van der Waals surface area contributed by atoms with E-state index in [-0.39, 0.29) is 0 Å². The van der Waals surface area contributed by atoms with Crippen LogP contribution in [0.15, 0.2) is 47.1 Å². The van der Waals surface area contributed by atoms with Gasteiger partial charge in [0, 0.05) is 5.92 Å². The van der Waals surface area contributed by atoms with Crippen LogP contribution in [0.4, 0.5) is 0 Å². The molecule has 2 aliphatic rings. The quantitative estimate of drug-likeness (QED) is 0.490. The molecule has 0 fully saturated rings. The van der Waals surface area contributed by atoms with Crippen molar-refractivity contribution in [2.24, 2.45) is 5.92 Å². The zero-order chi connectivity index (χ0) is 7.84. The number of hydrogen-bond donors (Lipinski definition) is 0. The summed E-state index contributed by atoms with van der Waals surface area (Å²) in [5.74, 6) is 0.569. The molecule has 0 nitrogen and oxygen atoms in total. The van der Waals surface area contributed by atoms with Crippen LogP contribution in [-0.2, 0) is 0 Å². The molecule has 0 amide bonds. The average molecular weight is 144 g/mol. The summed E-state index contributed by atoms with van der Waals surface area (Å²) in [6.45, 7) is 4.38. The Bertz CT molecular complexity index is 298. The SMILES string of the molecule is CC1=CC2C=CC=CC2=C1C. The summed E-state index contributed by atoms with van der Waals surface area (Å²) in [4.78, 5) is 0. The maximum absolute atomic E-state index is 2.32. The molecule has 0 aromatic carbocycles. The minimum Gasteiger partial charge on any atom is -0.0732 e. The van der Waals surface area contributed by atoms with Gasteiger partial charge >= 0.3 is 0 Å². The Labute approximate surface area is 67.6 Å². The summed E-state index contributed by atoms with van der Waals surface area (Å²) < 4.78 is 0. The number of fused-ring (bicyclic) bond motifs is 1. The van der Waals surface area contributed by atoms with Gasteiger partial charge in [0.05, 0.1) is 0 Å². The zero-order valence-electron chi connectivity index (χ0n) is 6.96. The number of hydrogen-bond acceptors (Lipinski definition) is 0. The first-order valence-corrected chi connectivity index (χ1v) is 4.03. The van der Waals surface area contributed by atoms with Crippen molar-refractivity contribution in [1.82, 2.24) is 0 Å². The second-order valence-corrected chi connectivity index (χ2v) is 3.20. The Hall–Kier alpha value is -1.04. The van der Waals surface area contributed by atoms with Crippen LogP contribution in [-0.4, -0.2) is 0 Å². The summed E-state index contributed by atoms with van der Waals surface area (Å²) in [7, 11) is 0. The third kappa shape index (κ3) is 0.900. The van der Waals surface area contributed by atoms with E-state index in [1.807, 2.05) is 0 Å². The van der Waals surface area contributed by atoms with Crippen LogP contribution in [0.5, 0.6) is 0 Å². The fraction of sp³-hybridized carbons (Fsp3) is 0.273. The Morgan fingerprint density at radius 3 is 2.73 bits per heavy atom. The molecule has 0 aliphatic heterocycles. The highest BCUT2D eigenvalue weighted by atomic mass is 14.2. The van der Waals surface area contributed by atoms with E-state index in [4.69, 9.17) is 0 Å². The molecule has 2 rings (SSSR count). The minimum atomic E-state index is 0.569. The Kier molecular flexibility index (Phi) is 1.35. The summed E-state index contributed by atoms with van der Waals surface area (Å²) in [5.41, 5.74) is 4.36. The molecule has 0 heteroatoms. The van der Waals surface area contributed by atoms with Crippen molar-refractivity contribution in [3.63, 3.8) is 0 Å². The van der Waals surface area contributed by atoms with Crippen LogP contribution in [0, 0.1) is 5.92 Å². The van der Waals surface area contributed by atoms with Crippen LogP contribution in [0.2, 0.25) is 0 Å². The standard InChI is InChI=1S/C11H12/c1-8-7-10-5-3-4-6-11(10)9(8)2/h3-7,10H,1-2H3. The van der Waals surface area contributed by atoms with Gasteiger partial charge in [0.2, 0.25) is 0 Å². The van der Waals surface area contributed by atoms with Crippen molar-refractivity contribution in [2.45, 2.75) is 13.8 Å². The molecule has 0 heterocycles. The number of allylic oxidation sites excluding steroid dienone is 8. The predicted molar refractivity (Wildman–Crippen MR) is 48.2 cm³/mol. The topological polar surface area (TPSA) is 0 Å². The first kappa shape index (κ1) is 6.66. The van der Waals surface area contributed by atoms with E-state index in [9.17, 15) is 0 Å². The lowest BCUT2D eigenvalue weighted by atomic mass is 9.96.